The average Bonchev–Trinajstić information content (AvgIpc) is 3.05. The molecule has 0 aromatic carbocycles. The van der Waals surface area contributed by atoms with Crippen LogP contribution in [0.2, 0.25) is 0 Å². The van der Waals surface area contributed by atoms with Crippen molar-refractivity contribution in [1.29, 1.82) is 0 Å². The number of ether oxygens (including phenoxy) is 4. The maximum atomic E-state index is 10.8. The third-order valence-corrected chi connectivity index (χ3v) is 7.09. The van der Waals surface area contributed by atoms with Crippen LogP contribution in [-0.4, -0.2) is 124 Å². The van der Waals surface area contributed by atoms with Crippen molar-refractivity contribution in [3.05, 3.63) is 0 Å². The lowest BCUT2D eigenvalue weighted by Gasteiger charge is -2.44. The van der Waals surface area contributed by atoms with Gasteiger partial charge in [0, 0.05) is 0 Å². The van der Waals surface area contributed by atoms with Gasteiger partial charge in [0.05, 0.1) is 20.9 Å². The molecular weight excluding hydrogens is 499 g/mol. The van der Waals surface area contributed by atoms with Crippen LogP contribution in [0.25, 0.3) is 0 Å². The molecule has 2 aliphatic heterocycles. The largest absolute Gasteiger partial charge is 0.790 e. The predicted molar refractivity (Wildman–Crippen MR) is 103 cm³/mol. The lowest BCUT2D eigenvalue weighted by molar-refractivity contribution is -0.536. The molecule has 1 saturated carbocycles. The van der Waals surface area contributed by atoms with E-state index in [-0.39, 0.29) is 6.54 Å². The Labute approximate surface area is 200 Å². The van der Waals surface area contributed by atoms with Crippen LogP contribution < -0.4 is 32.7 Å². The van der Waals surface area contributed by atoms with Crippen LogP contribution in [0.15, 0.2) is 0 Å². The summed E-state index contributed by atoms with van der Waals surface area (Å²) in [4.78, 5) is 21.5. The Morgan fingerprint density at radius 2 is 1.37 bits per heavy atom. The third kappa shape index (κ3) is 6.54. The van der Waals surface area contributed by atoms with E-state index in [1.165, 1.54) is 0 Å². The Balaban J connectivity index is 1.75. The molecule has 14 atom stereocenters. The van der Waals surface area contributed by atoms with Crippen LogP contribution in [0.5, 0.6) is 0 Å². The normalized spacial score (nSPS) is 49.3. The van der Waals surface area contributed by atoms with Gasteiger partial charge in [0.15, 0.2) is 12.3 Å². The molecule has 0 spiro atoms. The molecular formula is C17H37N4O13P+2. The highest BCUT2D eigenvalue weighted by Gasteiger charge is 2.55. The minimum absolute atomic E-state index is 0.135. The van der Waals surface area contributed by atoms with Crippen molar-refractivity contribution < 1.29 is 86.3 Å². The number of phosphoric acid groups is 1. The topological polar surface area (TPSA) is 321 Å². The van der Waals surface area contributed by atoms with Gasteiger partial charge in [-0.15, -0.1) is 0 Å². The van der Waals surface area contributed by atoms with Gasteiger partial charge < -0.3 is 86.3 Å². The van der Waals surface area contributed by atoms with E-state index < -0.39 is 100 Å². The SMILES string of the molecule is [NH3+]C[C@H]1O[C@H](O[C@H]2[C@H](O[C@@H]3O[C@H](COP(=O)([O-])[O-])[C@@H](O)[C@H]3O)[C@@H](O)[C@H]([NH3+])C[C@@H]2[NH3+])[C@H]([NH3+])[C@@H](O)[C@@H]1O. The van der Waals surface area contributed by atoms with E-state index >= 15 is 0 Å². The van der Waals surface area contributed by atoms with Gasteiger partial charge in [-0.2, -0.15) is 0 Å². The molecule has 1 aliphatic carbocycles. The zero-order valence-corrected chi connectivity index (χ0v) is 19.9. The minimum Gasteiger partial charge on any atom is -0.790 e. The summed E-state index contributed by atoms with van der Waals surface area (Å²) in [6.45, 7) is -0.715. The number of phosphoric ester groups is 1. The second-order valence-electron chi connectivity index (χ2n) is 9.19. The zero-order chi connectivity index (χ0) is 26.2. The molecule has 17 nitrogen and oxygen atoms in total. The Kier molecular flexibility index (Phi) is 9.62. The summed E-state index contributed by atoms with van der Waals surface area (Å²) in [6, 6.07) is -1.99. The van der Waals surface area contributed by atoms with Gasteiger partial charge >= 0.3 is 0 Å². The summed E-state index contributed by atoms with van der Waals surface area (Å²) < 4.78 is 37.7. The van der Waals surface area contributed by atoms with E-state index in [0.717, 1.165) is 0 Å². The molecule has 3 aliphatic rings. The fourth-order valence-electron chi connectivity index (χ4n) is 4.54. The smallest absolute Gasteiger partial charge is 0.214 e. The van der Waals surface area contributed by atoms with Crippen LogP contribution in [0.3, 0.4) is 0 Å². The highest BCUT2D eigenvalue weighted by Crippen LogP contribution is 2.33. The van der Waals surface area contributed by atoms with Crippen LogP contribution in [0.4, 0.5) is 0 Å². The molecule has 206 valence electrons. The summed E-state index contributed by atoms with van der Waals surface area (Å²) in [5.74, 6) is 0. The number of aliphatic hydroxyl groups is 5. The molecule has 2 heterocycles. The molecule has 3 fully saturated rings. The van der Waals surface area contributed by atoms with Gasteiger partial charge in [-0.3, -0.25) is 0 Å². The predicted octanol–water partition coefficient (Wildman–Crippen LogP) is -10.7. The Morgan fingerprint density at radius 3 is 1.97 bits per heavy atom. The first-order chi connectivity index (χ1) is 16.2. The number of hydrogen-bond donors (Lipinski definition) is 9. The van der Waals surface area contributed by atoms with Crippen molar-refractivity contribution in [2.24, 2.45) is 0 Å². The molecule has 0 bridgehead atoms. The van der Waals surface area contributed by atoms with Crippen LogP contribution in [-0.2, 0) is 28.0 Å². The van der Waals surface area contributed by atoms with Crippen LogP contribution in [0.1, 0.15) is 6.42 Å². The number of hydrogen-bond acceptors (Lipinski definition) is 13. The van der Waals surface area contributed by atoms with Crippen molar-refractivity contribution in [2.75, 3.05) is 13.2 Å². The van der Waals surface area contributed by atoms with Gasteiger partial charge in [-0.05, 0) is 0 Å². The van der Waals surface area contributed by atoms with E-state index in [2.05, 4.69) is 27.5 Å². The average molecular weight is 536 g/mol. The zero-order valence-electron chi connectivity index (χ0n) is 19.0. The highest BCUT2D eigenvalue weighted by atomic mass is 31.2. The molecule has 0 aromatic rings. The van der Waals surface area contributed by atoms with Gasteiger partial charge in [0.1, 0.15) is 73.6 Å². The first-order valence-electron chi connectivity index (χ1n) is 11.2. The molecule has 35 heavy (non-hydrogen) atoms. The van der Waals surface area contributed by atoms with E-state index in [1.807, 2.05) is 0 Å². The summed E-state index contributed by atoms with van der Waals surface area (Å²) in [7, 11) is -5.35. The first-order valence-corrected chi connectivity index (χ1v) is 12.7. The molecule has 3 rings (SSSR count). The number of rotatable bonds is 8. The Hall–Kier alpha value is -0.410. The van der Waals surface area contributed by atoms with Crippen molar-refractivity contribution in [2.45, 2.75) is 92.1 Å². The van der Waals surface area contributed by atoms with Gasteiger partial charge in [-0.25, -0.2) is 0 Å². The number of quaternary nitrogens is 4. The Morgan fingerprint density at radius 1 is 0.800 bits per heavy atom. The highest BCUT2D eigenvalue weighted by molar-refractivity contribution is 7.43. The van der Waals surface area contributed by atoms with Crippen molar-refractivity contribution in [3.63, 3.8) is 0 Å². The third-order valence-electron chi connectivity index (χ3n) is 6.62. The summed E-state index contributed by atoms with van der Waals surface area (Å²) in [5, 5.41) is 51.8. The Bertz CT molecular complexity index is 749. The van der Waals surface area contributed by atoms with Gasteiger partial charge in [0.25, 0.3) is 0 Å². The maximum Gasteiger partial charge on any atom is 0.214 e. The van der Waals surface area contributed by atoms with E-state index in [9.17, 15) is 39.9 Å². The summed E-state index contributed by atoms with van der Waals surface area (Å²) >= 11 is 0. The van der Waals surface area contributed by atoms with Crippen LogP contribution in [0, 0.1) is 0 Å². The monoisotopic (exact) mass is 536 g/mol. The first kappa shape index (κ1) is 29.2. The van der Waals surface area contributed by atoms with Gasteiger partial charge in [0.2, 0.25) is 6.29 Å². The lowest BCUT2D eigenvalue weighted by Crippen LogP contribution is -2.84. The second kappa shape index (κ2) is 11.5. The fourth-order valence-corrected chi connectivity index (χ4v) is 4.87. The van der Waals surface area contributed by atoms with Crippen molar-refractivity contribution >= 4 is 7.82 Å². The van der Waals surface area contributed by atoms with E-state index in [0.29, 0.717) is 6.42 Å². The number of aliphatic hydroxyl groups excluding tert-OH is 5. The van der Waals surface area contributed by atoms with Crippen LogP contribution >= 0.6 is 7.82 Å². The summed E-state index contributed by atoms with van der Waals surface area (Å²) in [5.41, 5.74) is 15.4. The quantitative estimate of drug-likeness (QED) is 0.130. The lowest BCUT2D eigenvalue weighted by atomic mass is 9.84. The molecule has 0 amide bonds. The summed E-state index contributed by atoms with van der Waals surface area (Å²) in [6.07, 6.45) is -13.9. The molecule has 0 unspecified atom stereocenters. The van der Waals surface area contributed by atoms with Crippen molar-refractivity contribution in [3.8, 4) is 0 Å². The second-order valence-corrected chi connectivity index (χ2v) is 10.3. The molecule has 2 saturated heterocycles. The fraction of sp³-hybridized carbons (Fsp3) is 1.00. The standard InChI is InChI=1S/C17H35N4O13P/c18-2-6-10(23)12(25)8(21)16(31-6)33-14-5(20)1-4(19)9(22)15(14)34-17-13(26)11(24)7(32-17)3-30-35(27,28)29/h4-17,22-26H,1-3,18-21H2,(H2,27,28,29)/p+2/t4-,5+,6-,7-,8-,9+,10-,11-,12-,13-,14-,15-,16-,17+/m1/s1. The maximum absolute atomic E-state index is 10.8. The van der Waals surface area contributed by atoms with E-state index in [1.54, 1.807) is 0 Å². The molecule has 18 heteroatoms. The molecule has 0 aromatic heterocycles. The van der Waals surface area contributed by atoms with Gasteiger partial charge in [-0.1, -0.05) is 0 Å². The van der Waals surface area contributed by atoms with E-state index in [4.69, 9.17) is 18.9 Å². The molecule has 17 N–H and O–H groups in total. The van der Waals surface area contributed by atoms with Crippen molar-refractivity contribution in [1.82, 2.24) is 0 Å². The molecule has 0 radical (unpaired) electrons. The minimum atomic E-state index is -5.35.